The molecule has 1 atom stereocenters. The first-order valence-corrected chi connectivity index (χ1v) is 3.53. The number of carbonyl (C=O) groups excluding carboxylic acids is 1. The van der Waals surface area contributed by atoms with Gasteiger partial charge in [0.25, 0.3) is 0 Å². The van der Waals surface area contributed by atoms with Crippen molar-refractivity contribution in [3.63, 3.8) is 0 Å². The van der Waals surface area contributed by atoms with Crippen LogP contribution in [0, 0.1) is 5.92 Å². The molecule has 0 aromatic heterocycles. The molecule has 0 spiro atoms. The first-order valence-electron chi connectivity index (χ1n) is 3.53. The Labute approximate surface area is 60.6 Å². The van der Waals surface area contributed by atoms with Gasteiger partial charge in [0.2, 0.25) is 0 Å². The van der Waals surface area contributed by atoms with Gasteiger partial charge in [0, 0.05) is 13.0 Å². The molecule has 0 aromatic rings. The van der Waals surface area contributed by atoms with Gasteiger partial charge in [-0.05, 0) is 25.3 Å². The van der Waals surface area contributed by atoms with Crippen molar-refractivity contribution in [2.75, 3.05) is 6.61 Å². The fourth-order valence-electron chi connectivity index (χ4n) is 1.33. The Hall–Kier alpha value is -0.630. The van der Waals surface area contributed by atoms with Crippen molar-refractivity contribution in [3.05, 3.63) is 11.6 Å². The van der Waals surface area contributed by atoms with E-state index in [-0.39, 0.29) is 18.3 Å². The van der Waals surface area contributed by atoms with Crippen molar-refractivity contribution in [3.8, 4) is 0 Å². The van der Waals surface area contributed by atoms with E-state index in [9.17, 15) is 4.79 Å². The van der Waals surface area contributed by atoms with Crippen LogP contribution < -0.4 is 0 Å². The second-order valence-corrected chi connectivity index (χ2v) is 2.91. The van der Waals surface area contributed by atoms with E-state index in [1.165, 1.54) is 0 Å². The third-order valence-electron chi connectivity index (χ3n) is 1.77. The lowest BCUT2D eigenvalue weighted by Gasteiger charge is -2.16. The second kappa shape index (κ2) is 2.97. The molecule has 0 radical (unpaired) electrons. The van der Waals surface area contributed by atoms with Crippen LogP contribution in [0.3, 0.4) is 0 Å². The molecule has 56 valence electrons. The zero-order valence-corrected chi connectivity index (χ0v) is 6.13. The fraction of sp³-hybridized carbons (Fsp3) is 0.625. The number of allylic oxidation sites excluding steroid dienone is 2. The molecule has 0 aromatic carbocycles. The summed E-state index contributed by atoms with van der Waals surface area (Å²) in [6.07, 6.45) is 3.07. The minimum Gasteiger partial charge on any atom is -0.396 e. The highest BCUT2D eigenvalue weighted by molar-refractivity contribution is 5.91. The van der Waals surface area contributed by atoms with Crippen molar-refractivity contribution in [2.24, 2.45) is 5.92 Å². The molecule has 0 heterocycles. The van der Waals surface area contributed by atoms with Crippen molar-refractivity contribution in [2.45, 2.75) is 19.8 Å². The highest BCUT2D eigenvalue weighted by Gasteiger charge is 2.16. The van der Waals surface area contributed by atoms with E-state index < -0.39 is 0 Å². The predicted octanol–water partition coefficient (Wildman–Crippen LogP) is 0.904. The number of ketones is 1. The second-order valence-electron chi connectivity index (χ2n) is 2.91. The van der Waals surface area contributed by atoms with Gasteiger partial charge in [-0.15, -0.1) is 0 Å². The van der Waals surface area contributed by atoms with Crippen LogP contribution >= 0.6 is 0 Å². The number of carbonyl (C=O) groups is 1. The summed E-state index contributed by atoms with van der Waals surface area (Å²) >= 11 is 0. The highest BCUT2D eigenvalue weighted by atomic mass is 16.3. The van der Waals surface area contributed by atoms with Crippen molar-refractivity contribution in [1.29, 1.82) is 0 Å². The maximum atomic E-state index is 10.9. The van der Waals surface area contributed by atoms with Crippen molar-refractivity contribution < 1.29 is 9.90 Å². The predicted molar refractivity (Wildman–Crippen MR) is 38.6 cm³/mol. The van der Waals surface area contributed by atoms with Crippen LogP contribution in [0.25, 0.3) is 0 Å². The molecular weight excluding hydrogens is 128 g/mol. The summed E-state index contributed by atoms with van der Waals surface area (Å²) in [7, 11) is 0. The Bertz CT molecular complexity index is 170. The lowest BCUT2D eigenvalue weighted by molar-refractivity contribution is -0.116. The van der Waals surface area contributed by atoms with E-state index in [1.807, 2.05) is 6.92 Å². The third kappa shape index (κ3) is 1.67. The van der Waals surface area contributed by atoms with Crippen LogP contribution in [0.15, 0.2) is 11.6 Å². The van der Waals surface area contributed by atoms with E-state index in [2.05, 4.69) is 0 Å². The molecule has 1 aliphatic rings. The number of hydrogen-bond acceptors (Lipinski definition) is 2. The quantitative estimate of drug-likeness (QED) is 0.587. The highest BCUT2D eigenvalue weighted by Crippen LogP contribution is 2.20. The molecular formula is C8H12O2. The average molecular weight is 140 g/mol. The molecule has 1 N–H and O–H groups in total. The summed E-state index contributed by atoms with van der Waals surface area (Å²) < 4.78 is 0. The van der Waals surface area contributed by atoms with Crippen LogP contribution in [-0.4, -0.2) is 17.5 Å². The van der Waals surface area contributed by atoms with Gasteiger partial charge in [0.15, 0.2) is 5.78 Å². The molecule has 0 bridgehead atoms. The summed E-state index contributed by atoms with van der Waals surface area (Å²) in [4.78, 5) is 10.9. The SMILES string of the molecule is CC1=CC(=O)CC(CO)C1. The van der Waals surface area contributed by atoms with Crippen LogP contribution in [0.4, 0.5) is 0 Å². The summed E-state index contributed by atoms with van der Waals surface area (Å²) in [5.74, 6) is 0.334. The van der Waals surface area contributed by atoms with E-state index in [0.717, 1.165) is 12.0 Å². The van der Waals surface area contributed by atoms with Crippen LogP contribution in [0.1, 0.15) is 19.8 Å². The normalized spacial score (nSPS) is 26.4. The Morgan fingerprint density at radius 1 is 1.70 bits per heavy atom. The minimum atomic E-state index is 0.136. The standard InChI is InChI=1S/C8H12O2/c1-6-2-7(5-9)4-8(10)3-6/h3,7,9H,2,4-5H2,1H3. The molecule has 0 amide bonds. The molecule has 2 heteroatoms. The molecule has 1 unspecified atom stereocenters. The number of rotatable bonds is 1. The lowest BCUT2D eigenvalue weighted by Crippen LogP contribution is -2.16. The van der Waals surface area contributed by atoms with Gasteiger partial charge >= 0.3 is 0 Å². The van der Waals surface area contributed by atoms with E-state index in [1.54, 1.807) is 6.08 Å². The minimum absolute atomic E-state index is 0.136. The third-order valence-corrected chi connectivity index (χ3v) is 1.77. The summed E-state index contributed by atoms with van der Waals surface area (Å²) in [6.45, 7) is 2.07. The first kappa shape index (κ1) is 7.48. The monoisotopic (exact) mass is 140 g/mol. The van der Waals surface area contributed by atoms with Gasteiger partial charge in [-0.1, -0.05) is 5.57 Å². The maximum Gasteiger partial charge on any atom is 0.156 e. The Morgan fingerprint density at radius 3 is 2.90 bits per heavy atom. The average Bonchev–Trinajstić information content (AvgIpc) is 1.85. The van der Waals surface area contributed by atoms with Crippen LogP contribution in [0.5, 0.6) is 0 Å². The Kier molecular flexibility index (Phi) is 2.22. The van der Waals surface area contributed by atoms with Crippen LogP contribution in [-0.2, 0) is 4.79 Å². The van der Waals surface area contributed by atoms with E-state index >= 15 is 0 Å². The maximum absolute atomic E-state index is 10.9. The van der Waals surface area contributed by atoms with Crippen molar-refractivity contribution in [1.82, 2.24) is 0 Å². The molecule has 0 fully saturated rings. The summed E-state index contributed by atoms with van der Waals surface area (Å²) in [5.41, 5.74) is 1.09. The van der Waals surface area contributed by atoms with Gasteiger partial charge in [0.1, 0.15) is 0 Å². The molecule has 2 nitrogen and oxygen atoms in total. The summed E-state index contributed by atoms with van der Waals surface area (Å²) in [5, 5.41) is 8.75. The molecule has 10 heavy (non-hydrogen) atoms. The van der Waals surface area contributed by atoms with Gasteiger partial charge in [0.05, 0.1) is 0 Å². The zero-order valence-electron chi connectivity index (χ0n) is 6.13. The first-order chi connectivity index (χ1) is 4.72. The van der Waals surface area contributed by atoms with Gasteiger partial charge in [-0.25, -0.2) is 0 Å². The largest absolute Gasteiger partial charge is 0.396 e. The zero-order chi connectivity index (χ0) is 7.56. The van der Waals surface area contributed by atoms with Gasteiger partial charge in [-0.2, -0.15) is 0 Å². The molecule has 0 saturated carbocycles. The fourth-order valence-corrected chi connectivity index (χ4v) is 1.33. The van der Waals surface area contributed by atoms with Crippen LogP contribution in [0.2, 0.25) is 0 Å². The number of hydrogen-bond donors (Lipinski definition) is 1. The number of aliphatic hydroxyl groups is 1. The molecule has 0 saturated heterocycles. The Balaban J connectivity index is 2.60. The molecule has 0 aliphatic heterocycles. The van der Waals surface area contributed by atoms with Crippen molar-refractivity contribution >= 4 is 5.78 Å². The molecule has 1 aliphatic carbocycles. The Morgan fingerprint density at radius 2 is 2.40 bits per heavy atom. The number of aliphatic hydroxyl groups excluding tert-OH is 1. The smallest absolute Gasteiger partial charge is 0.156 e. The van der Waals surface area contributed by atoms with E-state index in [0.29, 0.717) is 6.42 Å². The van der Waals surface area contributed by atoms with E-state index in [4.69, 9.17) is 5.11 Å². The van der Waals surface area contributed by atoms with Gasteiger partial charge in [-0.3, -0.25) is 4.79 Å². The lowest BCUT2D eigenvalue weighted by atomic mass is 9.90. The topological polar surface area (TPSA) is 37.3 Å². The summed E-state index contributed by atoms with van der Waals surface area (Å²) in [6, 6.07) is 0. The molecule has 1 rings (SSSR count). The van der Waals surface area contributed by atoms with Gasteiger partial charge < -0.3 is 5.11 Å².